The highest BCUT2D eigenvalue weighted by Gasteiger charge is 2.77. The molecule has 4 atom stereocenters. The first kappa shape index (κ1) is 15.9. The van der Waals surface area contributed by atoms with Crippen LogP contribution in [0.5, 0.6) is 5.75 Å². The second-order valence-electron chi connectivity index (χ2n) is 10.1. The monoisotopic (exact) mass is 353 g/mol. The molecule has 0 amide bonds. The van der Waals surface area contributed by atoms with Crippen molar-refractivity contribution in [2.24, 2.45) is 11.3 Å². The molecule has 1 aliphatic heterocycles. The van der Waals surface area contributed by atoms with Crippen LogP contribution in [0.25, 0.3) is 0 Å². The zero-order valence-electron chi connectivity index (χ0n) is 16.0. The highest BCUT2D eigenvalue weighted by molar-refractivity contribution is 5.52. The molecule has 140 valence electrons. The predicted octanol–water partition coefficient (Wildman–Crippen LogP) is 3.67. The number of aliphatic hydroxyl groups is 1. The van der Waals surface area contributed by atoms with Crippen molar-refractivity contribution in [1.82, 2.24) is 4.90 Å². The van der Waals surface area contributed by atoms with Gasteiger partial charge in [0.15, 0.2) is 0 Å². The fraction of sp³-hybridized carbons (Fsp3) is 0.739. The lowest BCUT2D eigenvalue weighted by molar-refractivity contribution is -0.160. The molecule has 0 unspecified atom stereocenters. The third kappa shape index (κ3) is 1.73. The molecular weight excluding hydrogens is 322 g/mol. The number of hydrogen-bond donors (Lipinski definition) is 1. The van der Waals surface area contributed by atoms with Crippen molar-refractivity contribution in [3.8, 4) is 5.75 Å². The molecule has 0 radical (unpaired) electrons. The summed E-state index contributed by atoms with van der Waals surface area (Å²) in [5, 5.41) is 12.3. The van der Waals surface area contributed by atoms with E-state index in [1.54, 1.807) is 7.11 Å². The van der Waals surface area contributed by atoms with Crippen LogP contribution in [0, 0.1) is 11.3 Å². The zero-order valence-corrected chi connectivity index (χ0v) is 16.0. The first-order valence-corrected chi connectivity index (χ1v) is 10.7. The molecule has 1 heterocycles. The SMILES string of the molecule is COc1ccc2c(c1)[C@@]13CCCC[C@@]1(O)[C@@H]1N(CC4CCC4)C[C@]1(C2)C3. The minimum Gasteiger partial charge on any atom is -0.497 e. The zero-order chi connectivity index (χ0) is 17.6. The van der Waals surface area contributed by atoms with Crippen LogP contribution in [-0.4, -0.2) is 41.8 Å². The van der Waals surface area contributed by atoms with Crippen LogP contribution in [0.1, 0.15) is 62.5 Å². The Bertz CT molecular complexity index is 759. The molecule has 1 aromatic rings. The predicted molar refractivity (Wildman–Crippen MR) is 102 cm³/mol. The van der Waals surface area contributed by atoms with Crippen molar-refractivity contribution in [3.05, 3.63) is 29.3 Å². The Balaban J connectivity index is 1.46. The number of ether oxygens (including phenoxy) is 1. The summed E-state index contributed by atoms with van der Waals surface area (Å²) in [4.78, 5) is 2.69. The number of likely N-dealkylation sites (tertiary alicyclic amines) is 1. The van der Waals surface area contributed by atoms with E-state index in [1.807, 2.05) is 0 Å². The summed E-state index contributed by atoms with van der Waals surface area (Å²) in [5.41, 5.74) is 2.66. The number of fused-ring (bicyclic) bond motifs is 2. The van der Waals surface area contributed by atoms with Gasteiger partial charge in [-0.1, -0.05) is 25.3 Å². The Labute approximate surface area is 156 Å². The molecular formula is C23H31NO2. The first-order chi connectivity index (χ1) is 12.6. The Morgan fingerprint density at radius 3 is 2.81 bits per heavy atom. The van der Waals surface area contributed by atoms with Crippen LogP contribution in [0.4, 0.5) is 0 Å². The van der Waals surface area contributed by atoms with E-state index in [0.29, 0.717) is 11.5 Å². The van der Waals surface area contributed by atoms with Gasteiger partial charge in [-0.05, 0) is 67.7 Å². The minimum atomic E-state index is -0.537. The maximum atomic E-state index is 12.3. The van der Waals surface area contributed by atoms with Crippen LogP contribution >= 0.6 is 0 Å². The largest absolute Gasteiger partial charge is 0.497 e. The molecule has 3 heteroatoms. The highest BCUT2D eigenvalue weighted by Crippen LogP contribution is 2.71. The van der Waals surface area contributed by atoms with Gasteiger partial charge >= 0.3 is 0 Å². The molecule has 4 aliphatic carbocycles. The van der Waals surface area contributed by atoms with Crippen LogP contribution in [0.2, 0.25) is 0 Å². The summed E-state index contributed by atoms with van der Waals surface area (Å²) in [6, 6.07) is 7.07. The van der Waals surface area contributed by atoms with Crippen molar-refractivity contribution >= 4 is 0 Å². The lowest BCUT2D eigenvalue weighted by atomic mass is 9.58. The second kappa shape index (κ2) is 5.05. The molecule has 6 rings (SSSR count). The topological polar surface area (TPSA) is 32.7 Å². The van der Waals surface area contributed by atoms with Gasteiger partial charge in [-0.15, -0.1) is 0 Å². The van der Waals surface area contributed by atoms with Gasteiger partial charge in [0, 0.05) is 30.0 Å². The molecule has 3 nitrogen and oxygen atoms in total. The molecule has 26 heavy (non-hydrogen) atoms. The summed E-state index contributed by atoms with van der Waals surface area (Å²) in [5.74, 6) is 1.84. The standard InChI is InChI=1S/C23H31NO2/c1-26-18-8-7-17-12-21-14-22(19(17)11-18)9-2-3-10-23(22,25)20(21)24(15-21)13-16-5-4-6-16/h7-8,11,16,20,25H,2-6,9-10,12-15H2,1H3/t20-,21+,22+,23-/m1/s1. The normalized spacial score (nSPS) is 43.7. The van der Waals surface area contributed by atoms with Gasteiger partial charge in [0.25, 0.3) is 0 Å². The average molecular weight is 354 g/mol. The van der Waals surface area contributed by atoms with Crippen LogP contribution < -0.4 is 4.74 Å². The van der Waals surface area contributed by atoms with E-state index >= 15 is 0 Å². The number of hydrogen-bond acceptors (Lipinski definition) is 3. The van der Waals surface area contributed by atoms with E-state index in [-0.39, 0.29) is 5.41 Å². The third-order valence-electron chi connectivity index (χ3n) is 8.90. The molecule has 0 aromatic heterocycles. The van der Waals surface area contributed by atoms with Gasteiger partial charge in [0.2, 0.25) is 0 Å². The van der Waals surface area contributed by atoms with Crippen molar-refractivity contribution < 1.29 is 9.84 Å². The van der Waals surface area contributed by atoms with Gasteiger partial charge in [-0.2, -0.15) is 0 Å². The average Bonchev–Trinajstić information content (AvgIpc) is 2.73. The smallest absolute Gasteiger partial charge is 0.119 e. The van der Waals surface area contributed by atoms with E-state index in [4.69, 9.17) is 4.74 Å². The first-order valence-electron chi connectivity index (χ1n) is 10.7. The lowest BCUT2D eigenvalue weighted by Gasteiger charge is -2.59. The Morgan fingerprint density at radius 1 is 1.19 bits per heavy atom. The van der Waals surface area contributed by atoms with Crippen molar-refractivity contribution in [1.29, 1.82) is 0 Å². The number of nitrogens with zero attached hydrogens (tertiary/aromatic N) is 1. The molecule has 1 aromatic carbocycles. The Kier molecular flexibility index (Phi) is 3.10. The van der Waals surface area contributed by atoms with Gasteiger partial charge in [-0.3, -0.25) is 4.90 Å². The third-order valence-corrected chi connectivity index (χ3v) is 8.90. The molecule has 5 aliphatic rings. The fourth-order valence-corrected chi connectivity index (χ4v) is 7.85. The summed E-state index contributed by atoms with van der Waals surface area (Å²) in [6.45, 7) is 2.44. The Morgan fingerprint density at radius 2 is 2.04 bits per heavy atom. The number of methoxy groups -OCH3 is 1. The fourth-order valence-electron chi connectivity index (χ4n) is 7.85. The van der Waals surface area contributed by atoms with Gasteiger partial charge in [0.05, 0.1) is 12.7 Å². The summed E-state index contributed by atoms with van der Waals surface area (Å²) in [6.07, 6.45) is 11.1. The molecule has 3 saturated carbocycles. The molecule has 4 fully saturated rings. The molecule has 2 bridgehead atoms. The van der Waals surface area contributed by atoms with Crippen molar-refractivity contribution in [2.45, 2.75) is 74.8 Å². The van der Waals surface area contributed by atoms with Gasteiger partial charge in [0.1, 0.15) is 5.75 Å². The lowest BCUT2D eigenvalue weighted by Crippen LogP contribution is -2.71. The number of rotatable bonds is 3. The van der Waals surface area contributed by atoms with E-state index in [9.17, 15) is 5.11 Å². The van der Waals surface area contributed by atoms with Gasteiger partial charge in [-0.25, -0.2) is 0 Å². The maximum absolute atomic E-state index is 12.3. The quantitative estimate of drug-likeness (QED) is 0.900. The second-order valence-corrected chi connectivity index (χ2v) is 10.1. The van der Waals surface area contributed by atoms with Crippen molar-refractivity contribution in [3.63, 3.8) is 0 Å². The highest BCUT2D eigenvalue weighted by atomic mass is 16.5. The molecule has 1 saturated heterocycles. The van der Waals surface area contributed by atoms with E-state index in [0.717, 1.165) is 30.9 Å². The van der Waals surface area contributed by atoms with Crippen LogP contribution in [0.3, 0.4) is 0 Å². The summed E-state index contributed by atoms with van der Waals surface area (Å²) >= 11 is 0. The molecule has 1 N–H and O–H groups in total. The van der Waals surface area contributed by atoms with Crippen LogP contribution in [0.15, 0.2) is 18.2 Å². The van der Waals surface area contributed by atoms with E-state index in [1.165, 1.54) is 62.7 Å². The van der Waals surface area contributed by atoms with Gasteiger partial charge < -0.3 is 9.84 Å². The Hall–Kier alpha value is -1.06. The number of benzene rings is 1. The van der Waals surface area contributed by atoms with Crippen LogP contribution in [-0.2, 0) is 11.8 Å². The van der Waals surface area contributed by atoms with E-state index in [2.05, 4.69) is 23.1 Å². The molecule has 2 spiro atoms. The van der Waals surface area contributed by atoms with Crippen molar-refractivity contribution in [2.75, 3.05) is 20.2 Å². The van der Waals surface area contributed by atoms with E-state index < -0.39 is 5.60 Å². The minimum absolute atomic E-state index is 0.0353. The summed E-state index contributed by atoms with van der Waals surface area (Å²) < 4.78 is 5.57. The maximum Gasteiger partial charge on any atom is 0.119 e. The summed E-state index contributed by atoms with van der Waals surface area (Å²) in [7, 11) is 1.76.